The van der Waals surface area contributed by atoms with Gasteiger partial charge in [-0.3, -0.25) is 4.98 Å². The molecule has 7 heteroatoms. The summed E-state index contributed by atoms with van der Waals surface area (Å²) in [6.45, 7) is 0.893. The van der Waals surface area contributed by atoms with Crippen molar-refractivity contribution in [1.82, 2.24) is 9.97 Å². The minimum absolute atomic E-state index is 0.0789. The molecule has 0 radical (unpaired) electrons. The number of hydrogen-bond donors (Lipinski definition) is 0. The summed E-state index contributed by atoms with van der Waals surface area (Å²) in [6.07, 6.45) is 2.50. The Bertz CT molecular complexity index is 1790. The Kier molecular flexibility index (Phi) is 7.31. The Labute approximate surface area is 248 Å². The third-order valence-corrected chi connectivity index (χ3v) is 8.20. The standard InChI is InChI=1S/C35H28N4O2S/c1-3-11-25(12-4-1)23-40-32-19-18-27(21-33(32)41-24-26-13-5-2-6-14-26)31-22-30(28-15-9-10-20-36-28)38-39(31)35-37-29-16-7-8-17-34(29)42-35/h1-21,31H,22-24H2. The lowest BCUT2D eigenvalue weighted by molar-refractivity contribution is 0.255. The fourth-order valence-corrected chi connectivity index (χ4v) is 5.99. The second-order valence-electron chi connectivity index (χ2n) is 10.0. The van der Waals surface area contributed by atoms with Gasteiger partial charge in [-0.05, 0) is 53.1 Å². The summed E-state index contributed by atoms with van der Waals surface area (Å²) in [5, 5.41) is 7.95. The molecule has 42 heavy (non-hydrogen) atoms. The van der Waals surface area contributed by atoms with Crippen molar-refractivity contribution in [3.05, 3.63) is 150 Å². The predicted octanol–water partition coefficient (Wildman–Crippen LogP) is 8.21. The van der Waals surface area contributed by atoms with E-state index < -0.39 is 0 Å². The van der Waals surface area contributed by atoms with E-state index in [1.54, 1.807) is 11.3 Å². The zero-order valence-electron chi connectivity index (χ0n) is 22.8. The van der Waals surface area contributed by atoms with Gasteiger partial charge in [-0.1, -0.05) is 96.3 Å². The van der Waals surface area contributed by atoms with Crippen LogP contribution in [0.1, 0.15) is 34.8 Å². The van der Waals surface area contributed by atoms with Gasteiger partial charge < -0.3 is 9.47 Å². The van der Waals surface area contributed by atoms with Crippen molar-refractivity contribution in [2.45, 2.75) is 25.7 Å². The van der Waals surface area contributed by atoms with Crippen LogP contribution in [0.15, 0.2) is 133 Å². The maximum atomic E-state index is 6.41. The molecule has 6 nitrogen and oxygen atoms in total. The Hall–Kier alpha value is -5.01. The molecular formula is C35H28N4O2S. The van der Waals surface area contributed by atoms with Crippen LogP contribution < -0.4 is 14.5 Å². The minimum Gasteiger partial charge on any atom is -0.485 e. The number of rotatable bonds is 9. The molecule has 7 rings (SSSR count). The third-order valence-electron chi connectivity index (χ3n) is 7.18. The van der Waals surface area contributed by atoms with Crippen molar-refractivity contribution in [1.29, 1.82) is 0 Å². The van der Waals surface area contributed by atoms with Crippen molar-refractivity contribution in [3.63, 3.8) is 0 Å². The highest BCUT2D eigenvalue weighted by molar-refractivity contribution is 7.22. The van der Waals surface area contributed by atoms with Crippen LogP contribution in [0, 0.1) is 0 Å². The fourth-order valence-electron chi connectivity index (χ4n) is 5.03. The van der Waals surface area contributed by atoms with Gasteiger partial charge in [0.1, 0.15) is 13.2 Å². The van der Waals surface area contributed by atoms with Gasteiger partial charge in [0, 0.05) is 12.6 Å². The highest BCUT2D eigenvalue weighted by atomic mass is 32.1. The van der Waals surface area contributed by atoms with E-state index in [2.05, 4.69) is 47.4 Å². The molecule has 0 aliphatic carbocycles. The summed E-state index contributed by atoms with van der Waals surface area (Å²) in [6, 6.07) is 40.6. The number of para-hydroxylation sites is 1. The van der Waals surface area contributed by atoms with E-state index in [0.29, 0.717) is 31.1 Å². The molecule has 0 spiro atoms. The second-order valence-corrected chi connectivity index (χ2v) is 11.1. The first-order chi connectivity index (χ1) is 20.8. The van der Waals surface area contributed by atoms with Gasteiger partial charge in [-0.25, -0.2) is 9.99 Å². The molecule has 4 aromatic carbocycles. The van der Waals surface area contributed by atoms with Gasteiger partial charge in [-0.15, -0.1) is 0 Å². The lowest BCUT2D eigenvalue weighted by atomic mass is 10.00. The monoisotopic (exact) mass is 568 g/mol. The third kappa shape index (κ3) is 5.60. The van der Waals surface area contributed by atoms with E-state index in [1.807, 2.05) is 90.1 Å². The maximum Gasteiger partial charge on any atom is 0.207 e. The molecule has 6 aromatic rings. The molecule has 0 N–H and O–H groups in total. The average molecular weight is 569 g/mol. The number of nitrogens with zero attached hydrogens (tertiary/aromatic N) is 4. The SMILES string of the molecule is c1ccc(COc2ccc(C3CC(c4ccccn4)=NN3c3nc4ccccc4s3)cc2OCc2ccccc2)cc1. The van der Waals surface area contributed by atoms with Gasteiger partial charge in [0.2, 0.25) is 5.13 Å². The lowest BCUT2D eigenvalue weighted by Crippen LogP contribution is -2.18. The van der Waals surface area contributed by atoms with Gasteiger partial charge in [0.15, 0.2) is 11.5 Å². The van der Waals surface area contributed by atoms with Crippen LogP contribution in [-0.2, 0) is 13.2 Å². The first kappa shape index (κ1) is 25.9. The van der Waals surface area contributed by atoms with Gasteiger partial charge in [-0.2, -0.15) is 5.10 Å². The normalized spacial score (nSPS) is 14.6. The number of aromatic nitrogens is 2. The Morgan fingerprint density at radius 2 is 1.40 bits per heavy atom. The van der Waals surface area contributed by atoms with E-state index in [0.717, 1.165) is 43.4 Å². The van der Waals surface area contributed by atoms with E-state index in [9.17, 15) is 0 Å². The molecule has 2 aromatic heterocycles. The fraction of sp³-hybridized carbons (Fsp3) is 0.114. The highest BCUT2D eigenvalue weighted by Gasteiger charge is 2.33. The van der Waals surface area contributed by atoms with Gasteiger partial charge in [0.05, 0.1) is 27.7 Å². The number of hydrazone groups is 1. The summed E-state index contributed by atoms with van der Waals surface area (Å²) < 4.78 is 13.8. The second kappa shape index (κ2) is 11.8. The molecule has 0 saturated carbocycles. The van der Waals surface area contributed by atoms with Gasteiger partial charge >= 0.3 is 0 Å². The molecule has 1 unspecified atom stereocenters. The minimum atomic E-state index is -0.0789. The molecule has 0 amide bonds. The lowest BCUT2D eigenvalue weighted by Gasteiger charge is -2.22. The van der Waals surface area contributed by atoms with E-state index in [1.165, 1.54) is 0 Å². The molecule has 1 atom stereocenters. The van der Waals surface area contributed by atoms with Crippen LogP contribution in [0.5, 0.6) is 11.5 Å². The first-order valence-electron chi connectivity index (χ1n) is 13.9. The zero-order valence-corrected chi connectivity index (χ0v) is 23.7. The number of pyridine rings is 1. The summed E-state index contributed by atoms with van der Waals surface area (Å²) in [5.74, 6) is 1.40. The van der Waals surface area contributed by atoms with Crippen molar-refractivity contribution in [3.8, 4) is 11.5 Å². The summed E-state index contributed by atoms with van der Waals surface area (Å²) >= 11 is 1.64. The highest BCUT2D eigenvalue weighted by Crippen LogP contribution is 2.42. The Morgan fingerprint density at radius 3 is 2.12 bits per heavy atom. The summed E-state index contributed by atoms with van der Waals surface area (Å²) in [5.41, 5.74) is 6.02. The molecule has 1 aliphatic heterocycles. The number of anilines is 1. The van der Waals surface area contributed by atoms with E-state index >= 15 is 0 Å². The van der Waals surface area contributed by atoms with Crippen LogP contribution in [0.2, 0.25) is 0 Å². The quantitative estimate of drug-likeness (QED) is 0.176. The van der Waals surface area contributed by atoms with Crippen molar-refractivity contribution >= 4 is 32.4 Å². The van der Waals surface area contributed by atoms with Crippen LogP contribution in [-0.4, -0.2) is 15.7 Å². The van der Waals surface area contributed by atoms with Crippen LogP contribution in [0.4, 0.5) is 5.13 Å². The Balaban J connectivity index is 1.24. The first-order valence-corrected chi connectivity index (χ1v) is 14.7. The number of hydrogen-bond acceptors (Lipinski definition) is 7. The average Bonchev–Trinajstić information content (AvgIpc) is 3.70. The predicted molar refractivity (Wildman–Crippen MR) is 168 cm³/mol. The van der Waals surface area contributed by atoms with Crippen molar-refractivity contribution in [2.75, 3.05) is 5.01 Å². The van der Waals surface area contributed by atoms with Crippen molar-refractivity contribution in [2.24, 2.45) is 5.10 Å². The van der Waals surface area contributed by atoms with E-state index in [4.69, 9.17) is 19.6 Å². The molecule has 206 valence electrons. The zero-order chi connectivity index (χ0) is 28.1. The maximum absolute atomic E-state index is 6.41. The number of thiazole rings is 1. The summed E-state index contributed by atoms with van der Waals surface area (Å²) in [7, 11) is 0. The van der Waals surface area contributed by atoms with Crippen molar-refractivity contribution < 1.29 is 9.47 Å². The number of ether oxygens (including phenoxy) is 2. The van der Waals surface area contributed by atoms with Crippen LogP contribution in [0.3, 0.4) is 0 Å². The molecule has 3 heterocycles. The smallest absolute Gasteiger partial charge is 0.207 e. The van der Waals surface area contributed by atoms with E-state index in [-0.39, 0.29) is 6.04 Å². The van der Waals surface area contributed by atoms with Crippen LogP contribution >= 0.6 is 11.3 Å². The largest absolute Gasteiger partial charge is 0.485 e. The molecule has 0 bridgehead atoms. The van der Waals surface area contributed by atoms with Gasteiger partial charge in [0.25, 0.3) is 0 Å². The number of fused-ring (bicyclic) bond motifs is 1. The molecule has 1 aliphatic rings. The number of benzene rings is 4. The Morgan fingerprint density at radius 1 is 0.714 bits per heavy atom. The molecule has 0 saturated heterocycles. The summed E-state index contributed by atoms with van der Waals surface area (Å²) in [4.78, 5) is 9.53. The van der Waals surface area contributed by atoms with Crippen LogP contribution in [0.25, 0.3) is 10.2 Å². The molecule has 0 fully saturated rings. The topological polar surface area (TPSA) is 59.8 Å². The molecular weight excluding hydrogens is 540 g/mol.